The summed E-state index contributed by atoms with van der Waals surface area (Å²) in [6, 6.07) is 11.6. The molecular formula is C24H23ClN2O5. The third-order valence-electron chi connectivity index (χ3n) is 6.01. The molecule has 0 spiro atoms. The first kappa shape index (κ1) is 22.0. The number of allylic oxidation sites excluding steroid dienone is 2. The van der Waals surface area contributed by atoms with Gasteiger partial charge in [0.1, 0.15) is 11.4 Å². The topological polar surface area (TPSA) is 89.8 Å². The molecule has 0 aromatic heterocycles. The first-order chi connectivity index (χ1) is 15.1. The third kappa shape index (κ3) is 3.88. The normalized spacial score (nSPS) is 20.2. The zero-order chi connectivity index (χ0) is 23.2. The summed E-state index contributed by atoms with van der Waals surface area (Å²) in [5.74, 6) is -0.138. The van der Waals surface area contributed by atoms with Crippen molar-refractivity contribution in [2.75, 3.05) is 12.0 Å². The third-order valence-corrected chi connectivity index (χ3v) is 6.25. The molecule has 32 heavy (non-hydrogen) atoms. The summed E-state index contributed by atoms with van der Waals surface area (Å²) < 4.78 is 5.33. The Kier molecular flexibility index (Phi) is 5.54. The second-order valence-corrected chi connectivity index (χ2v) is 9.39. The molecule has 1 aliphatic carbocycles. The molecule has 1 heterocycles. The molecule has 4 rings (SSSR count). The van der Waals surface area contributed by atoms with E-state index in [1.807, 2.05) is 32.0 Å². The fraction of sp³-hybridized carbons (Fsp3) is 0.333. The van der Waals surface area contributed by atoms with Crippen LogP contribution in [-0.2, 0) is 9.59 Å². The number of nitrogens with zero attached hydrogens (tertiary/aromatic N) is 2. The number of carbonyl (C=O) groups is 2. The van der Waals surface area contributed by atoms with E-state index in [2.05, 4.69) is 0 Å². The lowest BCUT2D eigenvalue weighted by Gasteiger charge is -2.42. The molecule has 166 valence electrons. The molecule has 0 saturated carbocycles. The van der Waals surface area contributed by atoms with Gasteiger partial charge in [0.15, 0.2) is 5.78 Å². The van der Waals surface area contributed by atoms with E-state index in [4.69, 9.17) is 16.3 Å². The smallest absolute Gasteiger partial charge is 0.294 e. The average Bonchev–Trinajstić information content (AvgIpc) is 2.72. The molecular weight excluding hydrogens is 432 g/mol. The van der Waals surface area contributed by atoms with E-state index in [-0.39, 0.29) is 39.9 Å². The predicted octanol–water partition coefficient (Wildman–Crippen LogP) is 5.42. The molecule has 2 aromatic rings. The van der Waals surface area contributed by atoms with Crippen molar-refractivity contribution in [3.63, 3.8) is 0 Å². The van der Waals surface area contributed by atoms with Crippen molar-refractivity contribution in [1.29, 1.82) is 0 Å². The van der Waals surface area contributed by atoms with Gasteiger partial charge in [0.25, 0.3) is 5.69 Å². The Morgan fingerprint density at radius 2 is 1.91 bits per heavy atom. The van der Waals surface area contributed by atoms with Crippen LogP contribution in [0.25, 0.3) is 0 Å². The number of carbonyl (C=O) groups excluding carboxylic acids is 2. The molecule has 0 N–H and O–H groups in total. The van der Waals surface area contributed by atoms with Gasteiger partial charge in [-0.3, -0.25) is 24.6 Å². The Labute approximate surface area is 190 Å². The number of halogens is 1. The van der Waals surface area contributed by atoms with E-state index >= 15 is 0 Å². The maximum Gasteiger partial charge on any atom is 0.294 e. The molecule has 2 aromatic carbocycles. The van der Waals surface area contributed by atoms with Crippen molar-refractivity contribution >= 4 is 34.7 Å². The van der Waals surface area contributed by atoms with Crippen LogP contribution < -0.4 is 9.64 Å². The van der Waals surface area contributed by atoms with Gasteiger partial charge in [-0.05, 0) is 41.7 Å². The van der Waals surface area contributed by atoms with Crippen LogP contribution >= 0.6 is 11.6 Å². The van der Waals surface area contributed by atoms with Crippen LogP contribution in [0.3, 0.4) is 0 Å². The fourth-order valence-electron chi connectivity index (χ4n) is 4.67. The standard InChI is InChI=1S/C24H23ClN2O5/c1-24(2)12-20-23(21(28)13-24)17(14-5-4-6-16(9-14)32-3)11-22(29)26(20)18-8-7-15(25)10-19(18)27(30)31/h4-10,17H,11-13H2,1-3H3. The molecule has 0 bridgehead atoms. The molecule has 2 aliphatic rings. The van der Waals surface area contributed by atoms with Gasteiger partial charge < -0.3 is 4.74 Å². The lowest BCUT2D eigenvalue weighted by Crippen LogP contribution is -2.44. The number of rotatable bonds is 4. The van der Waals surface area contributed by atoms with Crippen LogP contribution in [0.15, 0.2) is 53.7 Å². The van der Waals surface area contributed by atoms with Gasteiger partial charge in [0.2, 0.25) is 5.91 Å². The summed E-state index contributed by atoms with van der Waals surface area (Å²) in [6.07, 6.45) is 0.815. The molecule has 7 nitrogen and oxygen atoms in total. The number of methoxy groups -OCH3 is 1. The minimum absolute atomic E-state index is 0.0257. The van der Waals surface area contributed by atoms with Gasteiger partial charge in [-0.15, -0.1) is 0 Å². The minimum Gasteiger partial charge on any atom is -0.497 e. The zero-order valence-corrected chi connectivity index (χ0v) is 18.8. The quantitative estimate of drug-likeness (QED) is 0.454. The van der Waals surface area contributed by atoms with E-state index in [9.17, 15) is 19.7 Å². The predicted molar refractivity (Wildman–Crippen MR) is 121 cm³/mol. The SMILES string of the molecule is COc1cccc(C2CC(=O)N(c3ccc(Cl)cc3[N+](=O)[O-])C3=C2C(=O)CC(C)(C)C3)c1. The average molecular weight is 455 g/mol. The maximum absolute atomic E-state index is 13.5. The number of hydrogen-bond donors (Lipinski definition) is 0. The Balaban J connectivity index is 1.94. The van der Waals surface area contributed by atoms with Crippen LogP contribution in [0.1, 0.15) is 44.6 Å². The fourth-order valence-corrected chi connectivity index (χ4v) is 4.84. The van der Waals surface area contributed by atoms with Crippen molar-refractivity contribution < 1.29 is 19.2 Å². The number of nitro groups is 1. The molecule has 0 saturated heterocycles. The molecule has 0 fully saturated rings. The van der Waals surface area contributed by atoms with E-state index in [1.165, 1.54) is 23.1 Å². The number of nitro benzene ring substituents is 1. The van der Waals surface area contributed by atoms with E-state index < -0.39 is 10.8 Å². The van der Waals surface area contributed by atoms with E-state index in [1.54, 1.807) is 13.2 Å². The second kappa shape index (κ2) is 8.06. The number of ketones is 1. The van der Waals surface area contributed by atoms with Crippen molar-refractivity contribution in [1.82, 2.24) is 0 Å². The summed E-state index contributed by atoms with van der Waals surface area (Å²) in [4.78, 5) is 39.4. The van der Waals surface area contributed by atoms with Gasteiger partial charge in [0, 0.05) is 41.1 Å². The summed E-state index contributed by atoms with van der Waals surface area (Å²) in [5, 5.41) is 11.9. The van der Waals surface area contributed by atoms with Crippen LogP contribution in [0.2, 0.25) is 5.02 Å². The number of ether oxygens (including phenoxy) is 1. The first-order valence-corrected chi connectivity index (χ1v) is 10.7. The highest BCUT2D eigenvalue weighted by atomic mass is 35.5. The maximum atomic E-state index is 13.5. The van der Waals surface area contributed by atoms with Crippen molar-refractivity contribution in [2.45, 2.75) is 39.0 Å². The molecule has 0 radical (unpaired) electrons. The van der Waals surface area contributed by atoms with E-state index in [0.717, 1.165) is 5.56 Å². The van der Waals surface area contributed by atoms with Crippen LogP contribution in [-0.4, -0.2) is 23.7 Å². The lowest BCUT2D eigenvalue weighted by molar-refractivity contribution is -0.384. The Morgan fingerprint density at radius 3 is 2.59 bits per heavy atom. The van der Waals surface area contributed by atoms with Gasteiger partial charge in [-0.1, -0.05) is 37.6 Å². The van der Waals surface area contributed by atoms with Crippen LogP contribution in [0.4, 0.5) is 11.4 Å². The summed E-state index contributed by atoms with van der Waals surface area (Å²) in [7, 11) is 1.56. The Bertz CT molecular complexity index is 1170. The van der Waals surface area contributed by atoms with Gasteiger partial charge in [-0.25, -0.2) is 0 Å². The van der Waals surface area contributed by atoms with Gasteiger partial charge in [-0.2, -0.15) is 0 Å². The van der Waals surface area contributed by atoms with Gasteiger partial charge in [0.05, 0.1) is 12.0 Å². The lowest BCUT2D eigenvalue weighted by atomic mass is 9.69. The zero-order valence-electron chi connectivity index (χ0n) is 18.1. The van der Waals surface area contributed by atoms with Crippen LogP contribution in [0, 0.1) is 15.5 Å². The number of benzene rings is 2. The number of hydrogen-bond acceptors (Lipinski definition) is 5. The summed E-state index contributed by atoms with van der Waals surface area (Å²) in [6.45, 7) is 3.92. The van der Waals surface area contributed by atoms with Gasteiger partial charge >= 0.3 is 0 Å². The number of anilines is 1. The second-order valence-electron chi connectivity index (χ2n) is 8.95. The minimum atomic E-state index is -0.557. The highest BCUT2D eigenvalue weighted by molar-refractivity contribution is 6.31. The summed E-state index contributed by atoms with van der Waals surface area (Å²) >= 11 is 5.99. The molecule has 1 atom stereocenters. The van der Waals surface area contributed by atoms with Crippen molar-refractivity contribution in [2.24, 2.45) is 5.41 Å². The Morgan fingerprint density at radius 1 is 1.16 bits per heavy atom. The number of amides is 1. The first-order valence-electron chi connectivity index (χ1n) is 10.3. The van der Waals surface area contributed by atoms with Crippen molar-refractivity contribution in [3.8, 4) is 5.75 Å². The largest absolute Gasteiger partial charge is 0.497 e. The highest BCUT2D eigenvalue weighted by Crippen LogP contribution is 2.49. The van der Waals surface area contributed by atoms with E-state index in [0.29, 0.717) is 29.9 Å². The molecule has 1 unspecified atom stereocenters. The van der Waals surface area contributed by atoms with Crippen molar-refractivity contribution in [3.05, 3.63) is 74.4 Å². The molecule has 1 aliphatic heterocycles. The Hall–Kier alpha value is -3.19. The summed E-state index contributed by atoms with van der Waals surface area (Å²) in [5.41, 5.74) is 1.36. The monoisotopic (exact) mass is 454 g/mol. The number of Topliss-reactive ketones (excluding diaryl/α,β-unsaturated/α-hetero) is 1. The van der Waals surface area contributed by atoms with Crippen LogP contribution in [0.5, 0.6) is 5.75 Å². The molecule has 1 amide bonds. The highest BCUT2D eigenvalue weighted by Gasteiger charge is 2.45. The molecule has 8 heteroatoms.